The number of nitrogens with zero attached hydrogens (tertiary/aromatic N) is 1. The van der Waals surface area contributed by atoms with E-state index in [1.165, 1.54) is 64.6 Å². The number of hydrogen-bond acceptors (Lipinski definition) is 2. The summed E-state index contributed by atoms with van der Waals surface area (Å²) in [6, 6.07) is 0.781. The first-order chi connectivity index (χ1) is 8.61. The van der Waals surface area contributed by atoms with Gasteiger partial charge in [-0.2, -0.15) is 0 Å². The normalized spacial score (nSPS) is 26.0. The van der Waals surface area contributed by atoms with E-state index in [2.05, 4.69) is 31.0 Å². The Labute approximate surface area is 114 Å². The van der Waals surface area contributed by atoms with Crippen LogP contribution >= 0.6 is 0 Å². The maximum Gasteiger partial charge on any atom is 0.0309 e. The molecule has 0 aromatic rings. The van der Waals surface area contributed by atoms with Gasteiger partial charge in [0, 0.05) is 31.2 Å². The molecule has 1 heterocycles. The maximum absolute atomic E-state index is 3.81. The first-order valence-corrected chi connectivity index (χ1v) is 8.10. The van der Waals surface area contributed by atoms with E-state index in [0.717, 1.165) is 12.0 Å². The molecular weight excluding hydrogens is 220 g/mol. The van der Waals surface area contributed by atoms with Crippen LogP contribution in [0.3, 0.4) is 0 Å². The van der Waals surface area contributed by atoms with Crippen LogP contribution in [0.25, 0.3) is 0 Å². The van der Waals surface area contributed by atoms with Crippen molar-refractivity contribution in [2.45, 2.75) is 77.3 Å². The predicted octanol–water partition coefficient (Wildman–Crippen LogP) is 3.42. The molecule has 0 radical (unpaired) electrons. The highest BCUT2D eigenvalue weighted by atomic mass is 15.2. The van der Waals surface area contributed by atoms with Crippen molar-refractivity contribution in [3.05, 3.63) is 0 Å². The van der Waals surface area contributed by atoms with Gasteiger partial charge in [0.25, 0.3) is 0 Å². The average molecular weight is 252 g/mol. The SMILES string of the molecule is CC(C)CCCC(C)N1CCNC2(CCCC2)C1. The number of nitrogens with one attached hydrogen (secondary N) is 1. The van der Waals surface area contributed by atoms with Gasteiger partial charge in [-0.15, -0.1) is 0 Å². The van der Waals surface area contributed by atoms with Gasteiger partial charge in [0.05, 0.1) is 0 Å². The van der Waals surface area contributed by atoms with Crippen LogP contribution in [0.4, 0.5) is 0 Å². The van der Waals surface area contributed by atoms with E-state index in [9.17, 15) is 0 Å². The van der Waals surface area contributed by atoms with Crippen LogP contribution in [0.2, 0.25) is 0 Å². The fraction of sp³-hybridized carbons (Fsp3) is 1.00. The van der Waals surface area contributed by atoms with Crippen molar-refractivity contribution in [2.24, 2.45) is 5.92 Å². The molecule has 1 aliphatic heterocycles. The van der Waals surface area contributed by atoms with Crippen LogP contribution in [0.5, 0.6) is 0 Å². The minimum absolute atomic E-state index is 0.491. The zero-order chi connectivity index (χ0) is 13.0. The molecule has 0 amide bonds. The van der Waals surface area contributed by atoms with Gasteiger partial charge in [-0.3, -0.25) is 4.90 Å². The smallest absolute Gasteiger partial charge is 0.0309 e. The summed E-state index contributed by atoms with van der Waals surface area (Å²) in [4.78, 5) is 2.75. The van der Waals surface area contributed by atoms with E-state index in [0.29, 0.717) is 5.54 Å². The van der Waals surface area contributed by atoms with Crippen molar-refractivity contribution < 1.29 is 0 Å². The van der Waals surface area contributed by atoms with E-state index in [4.69, 9.17) is 0 Å². The molecule has 0 aromatic heterocycles. The van der Waals surface area contributed by atoms with Gasteiger partial charge in [0.2, 0.25) is 0 Å². The molecule has 1 unspecified atom stereocenters. The van der Waals surface area contributed by atoms with Crippen molar-refractivity contribution >= 4 is 0 Å². The summed E-state index contributed by atoms with van der Waals surface area (Å²) in [5, 5.41) is 3.81. The van der Waals surface area contributed by atoms with E-state index < -0.39 is 0 Å². The van der Waals surface area contributed by atoms with Crippen LogP contribution in [-0.4, -0.2) is 36.1 Å². The van der Waals surface area contributed by atoms with E-state index in [-0.39, 0.29) is 0 Å². The lowest BCUT2D eigenvalue weighted by Gasteiger charge is -2.44. The van der Waals surface area contributed by atoms with Gasteiger partial charge in [0.15, 0.2) is 0 Å². The Morgan fingerprint density at radius 2 is 1.83 bits per heavy atom. The van der Waals surface area contributed by atoms with Crippen molar-refractivity contribution in [3.8, 4) is 0 Å². The Bertz CT molecular complexity index is 243. The highest BCUT2D eigenvalue weighted by molar-refractivity contribution is 4.98. The monoisotopic (exact) mass is 252 g/mol. The minimum Gasteiger partial charge on any atom is -0.309 e. The van der Waals surface area contributed by atoms with Crippen molar-refractivity contribution in [1.82, 2.24) is 10.2 Å². The van der Waals surface area contributed by atoms with Crippen LogP contribution in [0, 0.1) is 5.92 Å². The molecule has 2 heteroatoms. The number of rotatable bonds is 5. The van der Waals surface area contributed by atoms with Crippen molar-refractivity contribution in [2.75, 3.05) is 19.6 Å². The zero-order valence-electron chi connectivity index (χ0n) is 12.7. The average Bonchev–Trinajstić information content (AvgIpc) is 2.76. The van der Waals surface area contributed by atoms with Gasteiger partial charge in [-0.1, -0.05) is 39.5 Å². The Morgan fingerprint density at radius 3 is 2.50 bits per heavy atom. The summed E-state index contributed by atoms with van der Waals surface area (Å²) < 4.78 is 0. The molecule has 2 aliphatic rings. The van der Waals surface area contributed by atoms with Crippen LogP contribution in [-0.2, 0) is 0 Å². The summed E-state index contributed by atoms with van der Waals surface area (Å²) >= 11 is 0. The Balaban J connectivity index is 1.77. The molecule has 106 valence electrons. The molecule has 0 bridgehead atoms. The van der Waals surface area contributed by atoms with Gasteiger partial charge < -0.3 is 5.32 Å². The molecule has 1 spiro atoms. The standard InChI is InChI=1S/C16H32N2/c1-14(2)7-6-8-15(3)18-12-11-17-16(13-18)9-4-5-10-16/h14-15,17H,4-13H2,1-3H3. The molecule has 2 fully saturated rings. The lowest BCUT2D eigenvalue weighted by atomic mass is 9.93. The molecule has 0 aromatic carbocycles. The van der Waals surface area contributed by atoms with Crippen LogP contribution in [0.1, 0.15) is 65.7 Å². The van der Waals surface area contributed by atoms with E-state index in [1.807, 2.05) is 0 Å². The second-order valence-corrected chi connectivity index (χ2v) is 7.06. The molecule has 1 aliphatic carbocycles. The predicted molar refractivity (Wildman–Crippen MR) is 78.9 cm³/mol. The van der Waals surface area contributed by atoms with E-state index >= 15 is 0 Å². The largest absolute Gasteiger partial charge is 0.309 e. The topological polar surface area (TPSA) is 15.3 Å². The first-order valence-electron chi connectivity index (χ1n) is 8.10. The summed E-state index contributed by atoms with van der Waals surface area (Å²) in [5.74, 6) is 0.862. The third kappa shape index (κ3) is 3.71. The van der Waals surface area contributed by atoms with Crippen LogP contribution < -0.4 is 5.32 Å². The minimum atomic E-state index is 0.491. The third-order valence-corrected chi connectivity index (χ3v) is 4.99. The lowest BCUT2D eigenvalue weighted by molar-refractivity contribution is 0.0952. The molecule has 18 heavy (non-hydrogen) atoms. The molecule has 1 saturated heterocycles. The summed E-state index contributed by atoms with van der Waals surface area (Å²) in [6.45, 7) is 10.9. The summed E-state index contributed by atoms with van der Waals surface area (Å²) in [6.07, 6.45) is 9.85. The molecular formula is C16H32N2. The fourth-order valence-corrected chi connectivity index (χ4v) is 3.76. The molecule has 2 rings (SSSR count). The zero-order valence-corrected chi connectivity index (χ0v) is 12.7. The highest BCUT2D eigenvalue weighted by Gasteiger charge is 2.38. The Hall–Kier alpha value is -0.0800. The Morgan fingerprint density at radius 1 is 1.11 bits per heavy atom. The number of hydrogen-bond donors (Lipinski definition) is 1. The van der Waals surface area contributed by atoms with Crippen molar-refractivity contribution in [3.63, 3.8) is 0 Å². The van der Waals surface area contributed by atoms with E-state index in [1.54, 1.807) is 0 Å². The maximum atomic E-state index is 3.81. The van der Waals surface area contributed by atoms with Gasteiger partial charge >= 0.3 is 0 Å². The summed E-state index contributed by atoms with van der Waals surface area (Å²) in [5.41, 5.74) is 0.491. The molecule has 1 N–H and O–H groups in total. The van der Waals surface area contributed by atoms with Gasteiger partial charge in [-0.05, 0) is 32.1 Å². The fourth-order valence-electron chi connectivity index (χ4n) is 3.76. The second kappa shape index (κ2) is 6.38. The molecule has 2 nitrogen and oxygen atoms in total. The Kier molecular flexibility index (Phi) is 5.08. The molecule has 1 saturated carbocycles. The lowest BCUT2D eigenvalue weighted by Crippen LogP contribution is -2.60. The number of piperazine rings is 1. The highest BCUT2D eigenvalue weighted by Crippen LogP contribution is 2.32. The van der Waals surface area contributed by atoms with Gasteiger partial charge in [-0.25, -0.2) is 0 Å². The van der Waals surface area contributed by atoms with Crippen molar-refractivity contribution in [1.29, 1.82) is 0 Å². The summed E-state index contributed by atoms with van der Waals surface area (Å²) in [7, 11) is 0. The quantitative estimate of drug-likeness (QED) is 0.806. The van der Waals surface area contributed by atoms with Gasteiger partial charge in [0.1, 0.15) is 0 Å². The third-order valence-electron chi connectivity index (χ3n) is 4.99. The van der Waals surface area contributed by atoms with Crippen LogP contribution in [0.15, 0.2) is 0 Å². The molecule has 1 atom stereocenters. The first kappa shape index (κ1) is 14.3. The second-order valence-electron chi connectivity index (χ2n) is 7.06.